The van der Waals surface area contributed by atoms with Crippen molar-refractivity contribution in [2.24, 2.45) is 5.92 Å². The van der Waals surface area contributed by atoms with Crippen LogP contribution in [0.5, 0.6) is 0 Å². The number of nitrogens with zero attached hydrogens (tertiary/aromatic N) is 1. The summed E-state index contributed by atoms with van der Waals surface area (Å²) in [5.41, 5.74) is 2.07. The second-order valence-electron chi connectivity index (χ2n) is 9.63. The predicted molar refractivity (Wildman–Crippen MR) is 136 cm³/mol. The summed E-state index contributed by atoms with van der Waals surface area (Å²) >= 11 is 0. The number of carbonyl (C=O) groups excluding carboxylic acids is 1. The zero-order valence-corrected chi connectivity index (χ0v) is 20.7. The van der Waals surface area contributed by atoms with Gasteiger partial charge in [0.1, 0.15) is 0 Å². The van der Waals surface area contributed by atoms with Crippen LogP contribution in [0.1, 0.15) is 57.8 Å². The molecule has 1 heterocycles. The highest BCUT2D eigenvalue weighted by Crippen LogP contribution is 2.26. The van der Waals surface area contributed by atoms with Crippen molar-refractivity contribution in [3.05, 3.63) is 54.6 Å². The zero-order valence-electron chi connectivity index (χ0n) is 19.9. The van der Waals surface area contributed by atoms with E-state index >= 15 is 0 Å². The van der Waals surface area contributed by atoms with E-state index in [9.17, 15) is 13.2 Å². The fraction of sp³-hybridized carbons (Fsp3) is 0.519. The van der Waals surface area contributed by atoms with Crippen LogP contribution >= 0.6 is 0 Å². The van der Waals surface area contributed by atoms with Gasteiger partial charge in [0, 0.05) is 25.7 Å². The molecular formula is C27H37N3O3S. The largest absolute Gasteiger partial charge is 0.338 e. The monoisotopic (exact) mass is 483 g/mol. The third-order valence-electron chi connectivity index (χ3n) is 7.16. The lowest BCUT2D eigenvalue weighted by atomic mass is 9.97. The quantitative estimate of drug-likeness (QED) is 0.595. The number of piperidine rings is 1. The number of nitrogens with one attached hydrogen (secondary N) is 2. The molecule has 4 rings (SSSR count). The van der Waals surface area contributed by atoms with E-state index in [1.807, 2.05) is 42.5 Å². The van der Waals surface area contributed by atoms with E-state index in [0.717, 1.165) is 36.8 Å². The van der Waals surface area contributed by atoms with Crippen molar-refractivity contribution < 1.29 is 13.2 Å². The topological polar surface area (TPSA) is 78.5 Å². The Hall–Kier alpha value is -2.38. The van der Waals surface area contributed by atoms with E-state index < -0.39 is 10.0 Å². The van der Waals surface area contributed by atoms with Gasteiger partial charge in [0.25, 0.3) is 0 Å². The van der Waals surface area contributed by atoms with Gasteiger partial charge in [-0.05, 0) is 54.9 Å². The van der Waals surface area contributed by atoms with E-state index in [4.69, 9.17) is 0 Å². The molecule has 0 atom stereocenters. The summed E-state index contributed by atoms with van der Waals surface area (Å²) < 4.78 is 27.8. The number of carbonyl (C=O) groups is 1. The van der Waals surface area contributed by atoms with Gasteiger partial charge in [0.05, 0.1) is 4.90 Å². The summed E-state index contributed by atoms with van der Waals surface area (Å²) in [7, 11) is -3.51. The van der Waals surface area contributed by atoms with E-state index in [-0.39, 0.29) is 12.1 Å². The summed E-state index contributed by atoms with van der Waals surface area (Å²) in [6, 6.07) is 17.3. The Kier molecular flexibility index (Phi) is 8.62. The first-order chi connectivity index (χ1) is 16.5. The fourth-order valence-corrected chi connectivity index (χ4v) is 6.50. The number of amides is 2. The van der Waals surface area contributed by atoms with Crippen molar-refractivity contribution in [1.29, 1.82) is 0 Å². The molecule has 0 bridgehead atoms. The Labute approximate surface area is 204 Å². The minimum atomic E-state index is -3.51. The lowest BCUT2D eigenvalue weighted by molar-refractivity contribution is 0.225. The molecule has 1 saturated carbocycles. The van der Waals surface area contributed by atoms with Gasteiger partial charge in [-0.3, -0.25) is 0 Å². The van der Waals surface area contributed by atoms with Gasteiger partial charge in [-0.25, -0.2) is 13.2 Å². The van der Waals surface area contributed by atoms with Gasteiger partial charge in [0.2, 0.25) is 10.0 Å². The first kappa shape index (κ1) is 24.7. The van der Waals surface area contributed by atoms with Crippen molar-refractivity contribution in [3.63, 3.8) is 0 Å². The zero-order chi connectivity index (χ0) is 23.8. The van der Waals surface area contributed by atoms with Gasteiger partial charge in [-0.1, -0.05) is 74.6 Å². The summed E-state index contributed by atoms with van der Waals surface area (Å²) in [5.74, 6) is 0.301. The Bertz CT molecular complexity index is 1010. The summed E-state index contributed by atoms with van der Waals surface area (Å²) in [5, 5.41) is 6.17. The lowest BCUT2D eigenvalue weighted by Gasteiger charge is -2.31. The Morgan fingerprint density at radius 1 is 0.794 bits per heavy atom. The smallest absolute Gasteiger partial charge is 0.315 e. The molecule has 6 nitrogen and oxygen atoms in total. The van der Waals surface area contributed by atoms with Gasteiger partial charge >= 0.3 is 6.03 Å². The van der Waals surface area contributed by atoms with Crippen LogP contribution in [0.25, 0.3) is 11.1 Å². The molecule has 1 aliphatic carbocycles. The third kappa shape index (κ3) is 6.60. The molecule has 0 radical (unpaired) electrons. The van der Waals surface area contributed by atoms with Crippen LogP contribution in [0, 0.1) is 5.92 Å². The maximum absolute atomic E-state index is 13.1. The number of benzene rings is 2. The van der Waals surface area contributed by atoms with Crippen LogP contribution in [0.15, 0.2) is 59.5 Å². The number of sulfonamides is 1. The van der Waals surface area contributed by atoms with Gasteiger partial charge in [-0.15, -0.1) is 0 Å². The van der Waals surface area contributed by atoms with Gasteiger partial charge < -0.3 is 10.6 Å². The van der Waals surface area contributed by atoms with Crippen LogP contribution in [-0.4, -0.2) is 44.4 Å². The molecule has 2 N–H and O–H groups in total. The van der Waals surface area contributed by atoms with Crippen LogP contribution < -0.4 is 10.6 Å². The second kappa shape index (κ2) is 11.8. The highest BCUT2D eigenvalue weighted by molar-refractivity contribution is 7.89. The van der Waals surface area contributed by atoms with Crippen LogP contribution in [0.2, 0.25) is 0 Å². The molecule has 0 spiro atoms. The van der Waals surface area contributed by atoms with Crippen molar-refractivity contribution in [3.8, 4) is 11.1 Å². The summed E-state index contributed by atoms with van der Waals surface area (Å²) in [6.45, 7) is 1.57. The highest BCUT2D eigenvalue weighted by atomic mass is 32.2. The lowest BCUT2D eigenvalue weighted by Crippen LogP contribution is -2.46. The van der Waals surface area contributed by atoms with Crippen LogP contribution in [0.4, 0.5) is 4.79 Å². The molecule has 2 aliphatic rings. The Morgan fingerprint density at radius 3 is 2.03 bits per heavy atom. The number of urea groups is 1. The SMILES string of the molecule is O=C(NCC1CCN(S(=O)(=O)c2ccc(-c3ccccc3)cc2)CC1)NC1CCCCCCC1. The summed E-state index contributed by atoms with van der Waals surface area (Å²) in [6.07, 6.45) is 9.85. The molecule has 2 amide bonds. The van der Waals surface area contributed by atoms with Crippen molar-refractivity contribution in [1.82, 2.24) is 14.9 Å². The molecule has 2 aromatic rings. The van der Waals surface area contributed by atoms with Crippen molar-refractivity contribution in [2.75, 3.05) is 19.6 Å². The maximum atomic E-state index is 13.1. The Morgan fingerprint density at radius 2 is 1.38 bits per heavy atom. The molecule has 1 saturated heterocycles. The average Bonchev–Trinajstić information content (AvgIpc) is 2.85. The molecule has 2 fully saturated rings. The van der Waals surface area contributed by atoms with Crippen LogP contribution in [-0.2, 0) is 10.0 Å². The maximum Gasteiger partial charge on any atom is 0.315 e. The predicted octanol–water partition coefficient (Wildman–Crippen LogP) is 5.17. The molecule has 0 unspecified atom stereocenters. The fourth-order valence-electron chi connectivity index (χ4n) is 5.03. The van der Waals surface area contributed by atoms with Crippen molar-refractivity contribution >= 4 is 16.1 Å². The molecule has 34 heavy (non-hydrogen) atoms. The molecule has 2 aromatic carbocycles. The average molecular weight is 484 g/mol. The molecular weight excluding hydrogens is 446 g/mol. The van der Waals surface area contributed by atoms with E-state index in [0.29, 0.717) is 30.4 Å². The van der Waals surface area contributed by atoms with E-state index in [1.165, 1.54) is 32.1 Å². The van der Waals surface area contributed by atoms with Crippen LogP contribution in [0.3, 0.4) is 0 Å². The molecule has 0 aromatic heterocycles. The third-order valence-corrected chi connectivity index (χ3v) is 9.08. The minimum Gasteiger partial charge on any atom is -0.338 e. The van der Waals surface area contributed by atoms with Gasteiger partial charge in [-0.2, -0.15) is 4.31 Å². The summed E-state index contributed by atoms with van der Waals surface area (Å²) in [4.78, 5) is 12.7. The van der Waals surface area contributed by atoms with Gasteiger partial charge in [0.15, 0.2) is 0 Å². The first-order valence-corrected chi connectivity index (χ1v) is 14.2. The molecule has 184 valence electrons. The number of rotatable bonds is 6. The molecule has 1 aliphatic heterocycles. The van der Waals surface area contributed by atoms with E-state index in [2.05, 4.69) is 10.6 Å². The number of hydrogen-bond donors (Lipinski definition) is 2. The highest BCUT2D eigenvalue weighted by Gasteiger charge is 2.29. The standard InChI is InChI=1S/C27H37N3O3S/c31-27(29-25-11-7-2-1-3-8-12-25)28-21-22-17-19-30(20-18-22)34(32,33)26-15-13-24(14-16-26)23-9-5-4-6-10-23/h4-6,9-10,13-16,22,25H,1-3,7-8,11-12,17-21H2,(H2,28,29,31). The Balaban J connectivity index is 1.24. The normalized spacial score (nSPS) is 19.2. The minimum absolute atomic E-state index is 0.0841. The first-order valence-electron chi connectivity index (χ1n) is 12.7. The molecule has 7 heteroatoms. The second-order valence-corrected chi connectivity index (χ2v) is 11.6. The van der Waals surface area contributed by atoms with E-state index in [1.54, 1.807) is 16.4 Å². The van der Waals surface area contributed by atoms with Crippen molar-refractivity contribution in [2.45, 2.75) is 68.7 Å². The number of hydrogen-bond acceptors (Lipinski definition) is 3.